The summed E-state index contributed by atoms with van der Waals surface area (Å²) in [6, 6.07) is 20.8. The van der Waals surface area contributed by atoms with Gasteiger partial charge in [0.05, 0.1) is 41.9 Å². The van der Waals surface area contributed by atoms with Crippen molar-refractivity contribution >= 4 is 34.7 Å². The Bertz CT molecular complexity index is 1980. The quantitative estimate of drug-likeness (QED) is 0.162. The lowest BCUT2D eigenvalue weighted by molar-refractivity contribution is 0.0697. The van der Waals surface area contributed by atoms with Crippen LogP contribution >= 0.6 is 11.6 Å². The monoisotopic (exact) mass is 625 g/mol. The number of carbonyl (C=O) groups is 1. The predicted octanol–water partition coefficient (Wildman–Crippen LogP) is 7.33. The summed E-state index contributed by atoms with van der Waals surface area (Å²) >= 11 is 6.62. The Hall–Kier alpha value is -5.15. The molecule has 0 fully saturated rings. The normalized spacial score (nSPS) is 11.4. The van der Waals surface area contributed by atoms with Crippen molar-refractivity contribution in [1.82, 2.24) is 9.66 Å². The van der Waals surface area contributed by atoms with E-state index in [9.17, 15) is 9.59 Å². The van der Waals surface area contributed by atoms with Crippen LogP contribution in [0.2, 0.25) is 5.02 Å². The molecule has 10 heteroatoms. The van der Waals surface area contributed by atoms with Crippen molar-refractivity contribution in [2.45, 2.75) is 33.3 Å². The number of aryl methyl sites for hydroxylation is 1. The maximum Gasteiger partial charge on any atom is 0.335 e. The van der Waals surface area contributed by atoms with E-state index in [0.717, 1.165) is 28.0 Å². The summed E-state index contributed by atoms with van der Waals surface area (Å²) in [6.45, 7) is 6.25. The molecule has 5 aromatic rings. The molecule has 0 aliphatic carbocycles. The lowest BCUT2D eigenvalue weighted by Gasteiger charge is -2.17. The van der Waals surface area contributed by atoms with E-state index >= 15 is 0 Å². The first-order chi connectivity index (χ1) is 21.6. The summed E-state index contributed by atoms with van der Waals surface area (Å²) in [6.07, 6.45) is 1.52. The molecule has 0 unspecified atom stereocenters. The minimum absolute atomic E-state index is 0.143. The average Bonchev–Trinajstić information content (AvgIpc) is 3.03. The summed E-state index contributed by atoms with van der Waals surface area (Å²) < 4.78 is 18.4. The third kappa shape index (κ3) is 6.53. The van der Waals surface area contributed by atoms with Gasteiger partial charge >= 0.3 is 5.97 Å². The SMILES string of the molecule is COc1cc(C)c(-c2nc3ccccc3c(=O)n2N=Cc2cc(Cl)c(OCc3ccc(C(=O)O)cc3)c(OC)c2)cc1C(C)C. The second-order valence-corrected chi connectivity index (χ2v) is 11.1. The van der Waals surface area contributed by atoms with Crippen LogP contribution in [-0.4, -0.2) is 41.2 Å². The van der Waals surface area contributed by atoms with E-state index in [-0.39, 0.29) is 28.7 Å². The van der Waals surface area contributed by atoms with E-state index in [2.05, 4.69) is 18.9 Å². The number of hydrogen-bond donors (Lipinski definition) is 1. The Morgan fingerprint density at radius 1 is 1.02 bits per heavy atom. The van der Waals surface area contributed by atoms with Crippen LogP contribution in [0.1, 0.15) is 52.4 Å². The van der Waals surface area contributed by atoms with Crippen LogP contribution in [0.5, 0.6) is 17.2 Å². The number of rotatable bonds is 10. The molecule has 230 valence electrons. The second kappa shape index (κ2) is 13.2. The minimum Gasteiger partial charge on any atom is -0.496 e. The highest BCUT2D eigenvalue weighted by Gasteiger charge is 2.19. The van der Waals surface area contributed by atoms with Gasteiger partial charge in [0.25, 0.3) is 5.56 Å². The molecule has 0 bridgehead atoms. The number of nitrogens with zero attached hydrogens (tertiary/aromatic N) is 3. The molecule has 1 aromatic heterocycles. The zero-order valence-electron chi connectivity index (χ0n) is 25.5. The van der Waals surface area contributed by atoms with Crippen molar-refractivity contribution in [3.8, 4) is 28.6 Å². The zero-order chi connectivity index (χ0) is 32.2. The van der Waals surface area contributed by atoms with Gasteiger partial charge in [0.2, 0.25) is 0 Å². The van der Waals surface area contributed by atoms with Crippen molar-refractivity contribution in [1.29, 1.82) is 0 Å². The first kappa shape index (κ1) is 31.3. The number of halogens is 1. The first-order valence-electron chi connectivity index (χ1n) is 14.2. The molecule has 0 atom stereocenters. The average molecular weight is 626 g/mol. The predicted molar refractivity (Wildman–Crippen MR) is 176 cm³/mol. The highest BCUT2D eigenvalue weighted by Crippen LogP contribution is 2.37. The summed E-state index contributed by atoms with van der Waals surface area (Å²) in [5.74, 6) is 1.01. The number of aromatic carboxylic acids is 1. The number of aromatic nitrogens is 2. The van der Waals surface area contributed by atoms with Crippen LogP contribution < -0.4 is 19.8 Å². The Kier molecular flexibility index (Phi) is 9.20. The molecule has 45 heavy (non-hydrogen) atoms. The van der Waals surface area contributed by atoms with Crippen molar-refractivity contribution < 1.29 is 24.1 Å². The van der Waals surface area contributed by atoms with Crippen LogP contribution in [0.4, 0.5) is 0 Å². The topological polar surface area (TPSA) is 112 Å². The van der Waals surface area contributed by atoms with E-state index in [1.165, 1.54) is 30.1 Å². The fourth-order valence-corrected chi connectivity index (χ4v) is 5.22. The fourth-order valence-electron chi connectivity index (χ4n) is 4.95. The Morgan fingerprint density at radius 2 is 1.73 bits per heavy atom. The Morgan fingerprint density at radius 3 is 2.40 bits per heavy atom. The van der Waals surface area contributed by atoms with E-state index in [0.29, 0.717) is 33.8 Å². The van der Waals surface area contributed by atoms with Crippen molar-refractivity contribution in [2.75, 3.05) is 14.2 Å². The molecule has 1 N–H and O–H groups in total. The van der Waals surface area contributed by atoms with Crippen molar-refractivity contribution in [3.05, 3.63) is 116 Å². The summed E-state index contributed by atoms with van der Waals surface area (Å²) in [7, 11) is 3.14. The van der Waals surface area contributed by atoms with Gasteiger partial charge in [-0.1, -0.05) is 49.7 Å². The summed E-state index contributed by atoms with van der Waals surface area (Å²) in [5, 5.41) is 14.4. The molecular formula is C35H32ClN3O6. The number of carboxylic acids is 1. The molecule has 0 radical (unpaired) electrons. The van der Waals surface area contributed by atoms with Gasteiger partial charge in [-0.2, -0.15) is 9.78 Å². The first-order valence-corrected chi connectivity index (χ1v) is 14.6. The van der Waals surface area contributed by atoms with E-state index < -0.39 is 5.97 Å². The van der Waals surface area contributed by atoms with Crippen LogP contribution in [-0.2, 0) is 6.61 Å². The number of ether oxygens (including phenoxy) is 3. The molecule has 0 amide bonds. The number of para-hydroxylation sites is 1. The largest absolute Gasteiger partial charge is 0.496 e. The number of benzene rings is 4. The van der Waals surface area contributed by atoms with Gasteiger partial charge in [0.15, 0.2) is 17.3 Å². The van der Waals surface area contributed by atoms with Gasteiger partial charge < -0.3 is 19.3 Å². The molecule has 9 nitrogen and oxygen atoms in total. The van der Waals surface area contributed by atoms with Gasteiger partial charge in [-0.15, -0.1) is 0 Å². The van der Waals surface area contributed by atoms with Gasteiger partial charge in [-0.3, -0.25) is 4.79 Å². The van der Waals surface area contributed by atoms with Crippen molar-refractivity contribution in [2.24, 2.45) is 5.10 Å². The molecule has 0 spiro atoms. The Balaban J connectivity index is 1.55. The van der Waals surface area contributed by atoms with Gasteiger partial charge in [0, 0.05) is 5.56 Å². The lowest BCUT2D eigenvalue weighted by Crippen LogP contribution is -2.20. The standard InChI is InChI=1S/C35H32ClN3O6/c1-20(2)26-17-27(21(3)14-30(26)43-4)33-38-29-9-7-6-8-25(29)34(40)39(33)37-18-23-15-28(36)32(31(16-23)44-5)45-19-22-10-12-24(13-11-22)35(41)42/h6-18,20H,19H2,1-5H3,(H,41,42). The fraction of sp³-hybridized carbons (Fsp3) is 0.200. The molecule has 4 aromatic carbocycles. The van der Waals surface area contributed by atoms with Gasteiger partial charge in [-0.25, -0.2) is 9.78 Å². The van der Waals surface area contributed by atoms with E-state index in [4.69, 9.17) is 35.9 Å². The third-order valence-electron chi connectivity index (χ3n) is 7.35. The van der Waals surface area contributed by atoms with Crippen LogP contribution in [0.25, 0.3) is 22.3 Å². The van der Waals surface area contributed by atoms with Gasteiger partial charge in [-0.05, 0) is 83.6 Å². The minimum atomic E-state index is -1.00. The van der Waals surface area contributed by atoms with Crippen LogP contribution in [0.15, 0.2) is 82.7 Å². The number of fused-ring (bicyclic) bond motifs is 1. The van der Waals surface area contributed by atoms with E-state index in [1.807, 2.05) is 25.1 Å². The number of methoxy groups -OCH3 is 2. The van der Waals surface area contributed by atoms with Crippen LogP contribution in [0.3, 0.4) is 0 Å². The number of hydrogen-bond acceptors (Lipinski definition) is 7. The van der Waals surface area contributed by atoms with Gasteiger partial charge in [0.1, 0.15) is 12.4 Å². The highest BCUT2D eigenvalue weighted by atomic mass is 35.5. The van der Waals surface area contributed by atoms with E-state index in [1.54, 1.807) is 49.6 Å². The smallest absolute Gasteiger partial charge is 0.335 e. The molecular weight excluding hydrogens is 594 g/mol. The lowest BCUT2D eigenvalue weighted by atomic mass is 9.96. The zero-order valence-corrected chi connectivity index (χ0v) is 26.3. The van der Waals surface area contributed by atoms with Crippen molar-refractivity contribution in [3.63, 3.8) is 0 Å². The summed E-state index contributed by atoms with van der Waals surface area (Å²) in [4.78, 5) is 29.8. The molecule has 0 aliphatic heterocycles. The maximum atomic E-state index is 13.8. The maximum absolute atomic E-state index is 13.8. The Labute approximate surface area is 265 Å². The number of carboxylic acid groups (broad SMARTS) is 1. The van der Waals surface area contributed by atoms with Crippen LogP contribution in [0, 0.1) is 6.92 Å². The molecule has 1 heterocycles. The second-order valence-electron chi connectivity index (χ2n) is 10.7. The molecule has 0 saturated heterocycles. The molecule has 5 rings (SSSR count). The molecule has 0 saturated carbocycles. The highest BCUT2D eigenvalue weighted by molar-refractivity contribution is 6.32. The third-order valence-corrected chi connectivity index (χ3v) is 7.63. The molecule has 0 aliphatic rings. The summed E-state index contributed by atoms with van der Waals surface area (Å²) in [5.41, 5.74) is 4.38.